The quantitative estimate of drug-likeness (QED) is 0.849. The Hall–Kier alpha value is 0.110. The molecule has 1 aromatic rings. The van der Waals surface area contributed by atoms with E-state index in [0.29, 0.717) is 11.3 Å². The number of rotatable bonds is 2. The first-order valence-corrected chi connectivity index (χ1v) is 7.75. The Morgan fingerprint density at radius 3 is 2.76 bits per heavy atom. The zero-order valence-corrected chi connectivity index (χ0v) is 12.4. The van der Waals surface area contributed by atoms with E-state index < -0.39 is 0 Å². The molecule has 1 nitrogen and oxygen atoms in total. The lowest BCUT2D eigenvalue weighted by Crippen LogP contribution is -2.23. The number of halogens is 2. The molecule has 0 aliphatic carbocycles. The highest BCUT2D eigenvalue weighted by molar-refractivity contribution is 7.99. The predicted octanol–water partition coefficient (Wildman–Crippen LogP) is 4.67. The molecule has 2 atom stereocenters. The molecular weight excluding hydrogens is 273 g/mol. The van der Waals surface area contributed by atoms with Gasteiger partial charge in [0, 0.05) is 27.1 Å². The standard InChI is InChI=1S/C13H17Cl2NS/c1-3-16-12-6-8(2)17-7-9-10(14)4-5-11(15)13(9)12/h4-5,8,12,16H,3,6-7H2,1-2H3. The summed E-state index contributed by atoms with van der Waals surface area (Å²) in [7, 11) is 0. The van der Waals surface area contributed by atoms with Crippen LogP contribution in [-0.4, -0.2) is 11.8 Å². The average Bonchev–Trinajstić information content (AvgIpc) is 2.45. The fraction of sp³-hybridized carbons (Fsp3) is 0.538. The van der Waals surface area contributed by atoms with E-state index in [1.165, 1.54) is 11.1 Å². The van der Waals surface area contributed by atoms with Crippen LogP contribution in [0, 0.1) is 0 Å². The summed E-state index contributed by atoms with van der Waals surface area (Å²) in [6, 6.07) is 4.14. The molecule has 0 amide bonds. The number of fused-ring (bicyclic) bond motifs is 1. The van der Waals surface area contributed by atoms with Crippen molar-refractivity contribution in [3.63, 3.8) is 0 Å². The molecule has 2 rings (SSSR count). The Kier molecular flexibility index (Phi) is 4.65. The summed E-state index contributed by atoms with van der Waals surface area (Å²) < 4.78 is 0. The van der Waals surface area contributed by atoms with Crippen molar-refractivity contribution < 1.29 is 0 Å². The van der Waals surface area contributed by atoms with E-state index in [2.05, 4.69) is 19.2 Å². The minimum atomic E-state index is 0.325. The van der Waals surface area contributed by atoms with Gasteiger partial charge in [0.2, 0.25) is 0 Å². The van der Waals surface area contributed by atoms with Gasteiger partial charge in [0.05, 0.1) is 0 Å². The Balaban J connectivity index is 2.47. The number of hydrogen-bond acceptors (Lipinski definition) is 2. The number of benzene rings is 1. The lowest BCUT2D eigenvalue weighted by molar-refractivity contribution is 0.516. The molecule has 4 heteroatoms. The van der Waals surface area contributed by atoms with Gasteiger partial charge in [0.1, 0.15) is 0 Å². The van der Waals surface area contributed by atoms with E-state index in [1.54, 1.807) is 0 Å². The van der Waals surface area contributed by atoms with E-state index in [-0.39, 0.29) is 0 Å². The van der Waals surface area contributed by atoms with Gasteiger partial charge in [-0.25, -0.2) is 0 Å². The van der Waals surface area contributed by atoms with E-state index in [4.69, 9.17) is 23.2 Å². The number of nitrogens with one attached hydrogen (secondary N) is 1. The summed E-state index contributed by atoms with van der Waals surface area (Å²) in [5.74, 6) is 0.956. The van der Waals surface area contributed by atoms with Crippen molar-refractivity contribution >= 4 is 35.0 Å². The lowest BCUT2D eigenvalue weighted by atomic mass is 9.97. The highest BCUT2D eigenvalue weighted by Crippen LogP contribution is 2.41. The minimum absolute atomic E-state index is 0.325. The molecule has 1 aliphatic heterocycles. The van der Waals surface area contributed by atoms with Crippen molar-refractivity contribution in [2.45, 2.75) is 37.3 Å². The molecule has 1 heterocycles. The minimum Gasteiger partial charge on any atom is -0.310 e. The Bertz CT molecular complexity index is 409. The molecule has 1 aromatic carbocycles. The Labute approximate surface area is 117 Å². The molecule has 94 valence electrons. The average molecular weight is 290 g/mol. The Morgan fingerprint density at radius 1 is 1.35 bits per heavy atom. The summed E-state index contributed by atoms with van der Waals surface area (Å²) in [6.45, 7) is 5.34. The number of hydrogen-bond donors (Lipinski definition) is 1. The normalized spacial score (nSPS) is 24.2. The molecule has 0 saturated carbocycles. The van der Waals surface area contributed by atoms with Crippen LogP contribution in [0.15, 0.2) is 12.1 Å². The summed E-state index contributed by atoms with van der Waals surface area (Å²) in [4.78, 5) is 0. The molecule has 1 aliphatic rings. The fourth-order valence-corrected chi connectivity index (χ4v) is 4.02. The van der Waals surface area contributed by atoms with Crippen molar-refractivity contribution in [1.82, 2.24) is 5.32 Å². The summed E-state index contributed by atoms with van der Waals surface area (Å²) >= 11 is 14.6. The topological polar surface area (TPSA) is 12.0 Å². The fourth-order valence-electron chi connectivity index (χ4n) is 2.31. The smallest absolute Gasteiger partial charge is 0.0457 e. The van der Waals surface area contributed by atoms with E-state index in [0.717, 1.165) is 28.8 Å². The third-order valence-electron chi connectivity index (χ3n) is 3.13. The highest BCUT2D eigenvalue weighted by Gasteiger charge is 2.25. The van der Waals surface area contributed by atoms with Crippen LogP contribution in [0.3, 0.4) is 0 Å². The van der Waals surface area contributed by atoms with Crippen LogP contribution in [0.4, 0.5) is 0 Å². The summed E-state index contributed by atoms with van der Waals surface area (Å²) in [5, 5.41) is 5.83. The van der Waals surface area contributed by atoms with Crippen LogP contribution in [0.2, 0.25) is 10.0 Å². The first kappa shape index (κ1) is 13.5. The van der Waals surface area contributed by atoms with Crippen LogP contribution >= 0.6 is 35.0 Å². The molecule has 2 unspecified atom stereocenters. The largest absolute Gasteiger partial charge is 0.310 e. The molecule has 0 bridgehead atoms. The first-order chi connectivity index (χ1) is 8.13. The van der Waals surface area contributed by atoms with Gasteiger partial charge in [0.15, 0.2) is 0 Å². The zero-order chi connectivity index (χ0) is 12.4. The second kappa shape index (κ2) is 5.83. The molecule has 1 N–H and O–H groups in total. The zero-order valence-electron chi connectivity index (χ0n) is 10.1. The molecule has 0 spiro atoms. The first-order valence-electron chi connectivity index (χ1n) is 5.95. The van der Waals surface area contributed by atoms with E-state index >= 15 is 0 Å². The molecule has 0 radical (unpaired) electrons. The second-order valence-corrected chi connectivity index (χ2v) is 6.63. The SMILES string of the molecule is CCNC1CC(C)SCc2c(Cl)ccc(Cl)c21. The third-order valence-corrected chi connectivity index (χ3v) is 5.03. The summed E-state index contributed by atoms with van der Waals surface area (Å²) in [5.41, 5.74) is 2.41. The van der Waals surface area contributed by atoms with Gasteiger partial charge in [-0.05, 0) is 36.2 Å². The van der Waals surface area contributed by atoms with Crippen LogP contribution in [0.5, 0.6) is 0 Å². The molecule has 17 heavy (non-hydrogen) atoms. The van der Waals surface area contributed by atoms with Crippen LogP contribution in [0.1, 0.15) is 37.4 Å². The van der Waals surface area contributed by atoms with Crippen molar-refractivity contribution in [3.8, 4) is 0 Å². The molecular formula is C13H17Cl2NS. The lowest BCUT2D eigenvalue weighted by Gasteiger charge is -2.21. The maximum Gasteiger partial charge on any atom is 0.0457 e. The van der Waals surface area contributed by atoms with Crippen molar-refractivity contribution in [1.29, 1.82) is 0 Å². The summed E-state index contributed by atoms with van der Waals surface area (Å²) in [6.07, 6.45) is 1.10. The maximum absolute atomic E-state index is 6.36. The molecule has 0 aromatic heterocycles. The van der Waals surface area contributed by atoms with Crippen LogP contribution < -0.4 is 5.32 Å². The van der Waals surface area contributed by atoms with Gasteiger partial charge < -0.3 is 5.32 Å². The van der Waals surface area contributed by atoms with Gasteiger partial charge >= 0.3 is 0 Å². The molecule has 0 saturated heterocycles. The second-order valence-electron chi connectivity index (χ2n) is 4.39. The maximum atomic E-state index is 6.36. The third kappa shape index (κ3) is 2.93. The van der Waals surface area contributed by atoms with Gasteiger partial charge in [-0.3, -0.25) is 0 Å². The van der Waals surface area contributed by atoms with Gasteiger partial charge in [-0.2, -0.15) is 11.8 Å². The monoisotopic (exact) mass is 289 g/mol. The van der Waals surface area contributed by atoms with Gasteiger partial charge in [0.25, 0.3) is 0 Å². The highest BCUT2D eigenvalue weighted by atomic mass is 35.5. The van der Waals surface area contributed by atoms with Crippen LogP contribution in [0.25, 0.3) is 0 Å². The molecule has 0 fully saturated rings. The van der Waals surface area contributed by atoms with Gasteiger partial charge in [-0.1, -0.05) is 37.0 Å². The van der Waals surface area contributed by atoms with Crippen molar-refractivity contribution in [2.75, 3.05) is 6.54 Å². The van der Waals surface area contributed by atoms with E-state index in [1.807, 2.05) is 23.9 Å². The van der Waals surface area contributed by atoms with E-state index in [9.17, 15) is 0 Å². The van der Waals surface area contributed by atoms with Gasteiger partial charge in [-0.15, -0.1) is 0 Å². The van der Waals surface area contributed by atoms with Crippen molar-refractivity contribution in [2.24, 2.45) is 0 Å². The number of thioether (sulfide) groups is 1. The predicted molar refractivity (Wildman–Crippen MR) is 78.3 cm³/mol. The van der Waals surface area contributed by atoms with Crippen molar-refractivity contribution in [3.05, 3.63) is 33.3 Å². The Morgan fingerprint density at radius 2 is 2.06 bits per heavy atom. The van der Waals surface area contributed by atoms with Crippen LogP contribution in [-0.2, 0) is 5.75 Å².